The van der Waals surface area contributed by atoms with E-state index in [9.17, 15) is 0 Å². The minimum Gasteiger partial charge on any atom is 0 e. The van der Waals surface area contributed by atoms with Crippen molar-refractivity contribution in [3.63, 3.8) is 0 Å². The summed E-state index contributed by atoms with van der Waals surface area (Å²) in [7, 11) is 8.22. The van der Waals surface area contributed by atoms with E-state index in [4.69, 9.17) is 9.15 Å². The number of hydrogen-bond donors (Lipinski definition) is 0. The smallest absolute Gasteiger partial charge is 0 e. The van der Waals surface area contributed by atoms with Crippen LogP contribution in [0.15, 0.2) is 0 Å². The number of rotatable bonds is 0. The van der Waals surface area contributed by atoms with Gasteiger partial charge in [-0.3, -0.25) is 0 Å². The van der Waals surface area contributed by atoms with Gasteiger partial charge in [-0.15, -0.1) is 0 Å². The molecule has 4 heavy (non-hydrogen) atoms. The monoisotopic (exact) mass is 108 g/mol. The molecule has 0 heterocycles. The third-order valence-electron chi connectivity index (χ3n) is 0. The van der Waals surface area contributed by atoms with Gasteiger partial charge >= 0.3 is 0 Å². The lowest BCUT2D eigenvalue weighted by atomic mass is 18.0. The predicted molar refractivity (Wildman–Crippen MR) is 13.9 cm³/mol. The standard InChI is InChI=1S/Cl2.F2/c2*1-2. The first-order valence-electron chi connectivity index (χ1n) is 0.286. The Morgan fingerprint density at radius 3 is 1.00 bits per heavy atom. The molecule has 0 radical (unpaired) electrons. The summed E-state index contributed by atoms with van der Waals surface area (Å²) in [5.41, 5.74) is 0. The fourth-order valence-electron chi connectivity index (χ4n) is 0. The lowest BCUT2D eigenvalue weighted by Crippen LogP contribution is -0.580. The molecule has 0 aliphatic heterocycles. The Kier molecular flexibility index (Phi) is 233. The third-order valence-corrected chi connectivity index (χ3v) is 0. The average Bonchev–Trinajstić information content (AvgIpc) is 1.50. The molecule has 4 heteroatoms. The van der Waals surface area contributed by atoms with Crippen molar-refractivity contribution in [1.29, 1.82) is 0 Å². The summed E-state index contributed by atoms with van der Waals surface area (Å²) in [5, 5.41) is 0. The zero-order chi connectivity index (χ0) is 4.00. The Balaban J connectivity index is 0. The van der Waals surface area contributed by atoms with Crippen molar-refractivity contribution in [2.45, 2.75) is 0 Å². The van der Waals surface area contributed by atoms with Gasteiger partial charge in [0.05, 0.1) is 0 Å². The van der Waals surface area contributed by atoms with Gasteiger partial charge in [0, 0.05) is 30.9 Å². The molecule has 0 spiro atoms. The van der Waals surface area contributed by atoms with Crippen LogP contribution < -0.4 is 0 Å². The minimum atomic E-state index is 4.11. The second-order valence-electron chi connectivity index (χ2n) is 0. The molecule has 0 rings (SSSR count). The van der Waals surface area contributed by atoms with Crippen LogP contribution in [0.1, 0.15) is 0 Å². The van der Waals surface area contributed by atoms with Gasteiger partial charge in [0.15, 0.2) is 0 Å². The van der Waals surface area contributed by atoms with Gasteiger partial charge in [0.25, 0.3) is 0 Å². The van der Waals surface area contributed by atoms with Crippen LogP contribution in [0.5, 0.6) is 0 Å². The molecule has 0 aromatic rings. The van der Waals surface area contributed by atoms with E-state index in [0.717, 1.165) is 0 Å². The molecule has 0 fully saturated rings. The molecule has 0 bridgehead atoms. The zero-order valence-corrected chi connectivity index (χ0v) is 3.02. The quantitative estimate of drug-likeness (QED) is 0.447. The summed E-state index contributed by atoms with van der Waals surface area (Å²) >= 11 is 0. The molecule has 0 aromatic heterocycles. The van der Waals surface area contributed by atoms with Crippen molar-refractivity contribution in [1.82, 2.24) is 0 Å². The van der Waals surface area contributed by atoms with Crippen LogP contribution in [-0.2, 0) is 0 Å². The average molecular weight is 109 g/mol. The second kappa shape index (κ2) is 106. The Bertz CT molecular complexity index is 4.00. The maximum Gasteiger partial charge on any atom is 0 e. The van der Waals surface area contributed by atoms with E-state index in [1.54, 1.807) is 0 Å². The minimum absolute atomic E-state index is 4.11. The molecular weight excluding hydrogens is 109 g/mol. The van der Waals surface area contributed by atoms with Crippen LogP contribution in [0, 0.1) is 0 Å². The first kappa shape index (κ1) is 8.83. The summed E-state index contributed by atoms with van der Waals surface area (Å²) in [5.74, 6) is 0. The van der Waals surface area contributed by atoms with E-state index < -0.39 is 0 Å². The highest BCUT2D eigenvalue weighted by atomic mass is 36.5. The molecule has 0 aromatic carbocycles. The topological polar surface area (TPSA) is 0 Å². The fourth-order valence-corrected chi connectivity index (χ4v) is 0. The Labute approximate surface area is 31.8 Å². The second-order valence-corrected chi connectivity index (χ2v) is 0. The highest BCUT2D eigenvalue weighted by molar-refractivity contribution is 6.85. The van der Waals surface area contributed by atoms with E-state index in [0.29, 0.717) is 0 Å². The van der Waals surface area contributed by atoms with Gasteiger partial charge in [0.1, 0.15) is 0 Å². The third kappa shape index (κ3) is 26.1. The lowest BCUT2D eigenvalue weighted by molar-refractivity contribution is 0.108. The molecule has 0 nitrogen and oxygen atoms in total. The molecule has 28 valence electrons. The first-order valence-corrected chi connectivity index (χ1v) is 1.43. The maximum absolute atomic E-state index is 8.00. The summed E-state index contributed by atoms with van der Waals surface area (Å²) in [6, 6.07) is 0. The molecule has 0 amide bonds. The van der Waals surface area contributed by atoms with E-state index in [-0.39, 0.29) is 0 Å². The van der Waals surface area contributed by atoms with E-state index in [1.165, 1.54) is 0 Å². The summed E-state index contributed by atoms with van der Waals surface area (Å²) in [6.45, 7) is 0. The van der Waals surface area contributed by atoms with Crippen LogP contribution in [0.3, 0.4) is 0 Å². The summed E-state index contributed by atoms with van der Waals surface area (Å²) in [4.78, 5) is 0. The van der Waals surface area contributed by atoms with Crippen molar-refractivity contribution in [2.24, 2.45) is 0 Å². The molecular formula is Cl2F2. The van der Waals surface area contributed by atoms with Crippen LogP contribution >= 0.6 is 21.7 Å². The predicted octanol–water partition coefficient (Wildman–Crippen LogP) is 2.22. The van der Waals surface area contributed by atoms with Crippen molar-refractivity contribution in [2.75, 3.05) is 0 Å². The van der Waals surface area contributed by atoms with Crippen LogP contribution in [0.4, 0.5) is 9.15 Å². The van der Waals surface area contributed by atoms with Crippen LogP contribution in [-0.4, -0.2) is 0 Å². The molecule has 0 aliphatic carbocycles. The Hall–Kier alpha value is 0.440. The molecule has 0 unspecified atom stereocenters. The van der Waals surface area contributed by atoms with Crippen LogP contribution in [0.25, 0.3) is 0 Å². The zero-order valence-electron chi connectivity index (χ0n) is 1.51. The Morgan fingerprint density at radius 2 is 1.00 bits per heavy atom. The van der Waals surface area contributed by atoms with Gasteiger partial charge in [-0.2, -0.15) is 0 Å². The molecule has 0 atom stereocenters. The first-order chi connectivity index (χ1) is 2.00. The lowest BCUT2D eigenvalue weighted by Gasteiger charge is -1.00. The van der Waals surface area contributed by atoms with E-state index in [2.05, 4.69) is 21.7 Å². The van der Waals surface area contributed by atoms with Gasteiger partial charge < -0.3 is 0 Å². The van der Waals surface area contributed by atoms with Crippen molar-refractivity contribution < 1.29 is 9.15 Å². The fraction of sp³-hybridized carbons (Fsp3) is 0. The van der Waals surface area contributed by atoms with Crippen molar-refractivity contribution >= 4 is 21.7 Å². The summed E-state index contributed by atoms with van der Waals surface area (Å²) < 4.78 is 16.0. The molecule has 0 saturated heterocycles. The van der Waals surface area contributed by atoms with Crippen LogP contribution in [0.2, 0.25) is 0 Å². The van der Waals surface area contributed by atoms with Crippen molar-refractivity contribution in [3.8, 4) is 0 Å². The maximum atomic E-state index is 8.00. The number of hydrogen-bond acceptors (Lipinski definition) is 0. The highest BCUT2D eigenvalue weighted by Gasteiger charge is 1.00. The molecule has 0 aliphatic rings. The molecule has 0 saturated carbocycles. The van der Waals surface area contributed by atoms with Gasteiger partial charge in [-0.1, -0.05) is 0 Å². The van der Waals surface area contributed by atoms with E-state index in [1.807, 2.05) is 0 Å². The van der Waals surface area contributed by atoms with Gasteiger partial charge in [-0.25, -0.2) is 0 Å². The number of halogens is 4. The summed E-state index contributed by atoms with van der Waals surface area (Å²) in [6.07, 6.45) is 0. The highest BCUT2D eigenvalue weighted by Crippen LogP contribution is 1.69. The van der Waals surface area contributed by atoms with E-state index >= 15 is 0 Å². The van der Waals surface area contributed by atoms with Gasteiger partial charge in [0.2, 0.25) is 0 Å². The van der Waals surface area contributed by atoms with Crippen molar-refractivity contribution in [3.05, 3.63) is 0 Å². The van der Waals surface area contributed by atoms with Gasteiger partial charge in [-0.05, 0) is 0 Å². The Morgan fingerprint density at radius 1 is 1.00 bits per heavy atom. The molecule has 0 N–H and O–H groups in total. The normalized spacial score (nSPS) is 3.00. The largest absolute Gasteiger partial charge is 0 e. The SMILES string of the molecule is ClCl.FF.